The van der Waals surface area contributed by atoms with Gasteiger partial charge in [0, 0.05) is 9.89 Å². The van der Waals surface area contributed by atoms with Crippen LogP contribution in [-0.2, 0) is 10.8 Å². The Morgan fingerprint density at radius 3 is 1.89 bits per heavy atom. The zero-order chi connectivity index (χ0) is 30.1. The summed E-state index contributed by atoms with van der Waals surface area (Å²) < 4.78 is 1.13. The van der Waals surface area contributed by atoms with E-state index in [2.05, 4.69) is 169 Å². The number of benzene rings is 7. The van der Waals surface area contributed by atoms with E-state index >= 15 is 0 Å². The molecule has 0 bridgehead atoms. The van der Waals surface area contributed by atoms with E-state index in [9.17, 15) is 0 Å². The van der Waals surface area contributed by atoms with Crippen LogP contribution < -0.4 is 0 Å². The van der Waals surface area contributed by atoms with E-state index in [1.807, 2.05) is 0 Å². The highest BCUT2D eigenvalue weighted by Gasteiger charge is 2.53. The molecule has 1 heteroatoms. The van der Waals surface area contributed by atoms with Crippen LogP contribution >= 0.6 is 15.9 Å². The van der Waals surface area contributed by atoms with Crippen LogP contribution in [0.5, 0.6) is 0 Å². The molecule has 0 aromatic heterocycles. The molecule has 1 unspecified atom stereocenters. The fourth-order valence-corrected chi connectivity index (χ4v) is 9.45. The zero-order valence-electron chi connectivity index (χ0n) is 25.2. The van der Waals surface area contributed by atoms with E-state index in [4.69, 9.17) is 0 Å². The highest BCUT2D eigenvalue weighted by Crippen LogP contribution is 2.65. The Morgan fingerprint density at radius 1 is 0.444 bits per heavy atom. The minimum Gasteiger partial charge on any atom is -0.0619 e. The van der Waals surface area contributed by atoms with Gasteiger partial charge in [0.05, 0.1) is 5.41 Å². The first kappa shape index (κ1) is 25.6. The van der Waals surface area contributed by atoms with Crippen LogP contribution in [-0.4, -0.2) is 0 Å². The van der Waals surface area contributed by atoms with Gasteiger partial charge in [0.15, 0.2) is 0 Å². The summed E-state index contributed by atoms with van der Waals surface area (Å²) in [7, 11) is 0. The third-order valence-corrected chi connectivity index (χ3v) is 11.4. The molecule has 0 nitrogen and oxygen atoms in total. The molecule has 0 saturated carbocycles. The van der Waals surface area contributed by atoms with Crippen molar-refractivity contribution in [3.8, 4) is 44.5 Å². The average molecular weight is 638 g/mol. The van der Waals surface area contributed by atoms with Gasteiger partial charge >= 0.3 is 0 Å². The van der Waals surface area contributed by atoms with Gasteiger partial charge in [-0.15, -0.1) is 0 Å². The van der Waals surface area contributed by atoms with Gasteiger partial charge in [-0.1, -0.05) is 151 Å². The Hall–Kier alpha value is -4.72. The number of rotatable bonds is 1. The van der Waals surface area contributed by atoms with Crippen molar-refractivity contribution in [3.63, 3.8) is 0 Å². The predicted octanol–water partition coefficient (Wildman–Crippen LogP) is 11.9. The monoisotopic (exact) mass is 636 g/mol. The second kappa shape index (κ2) is 8.71. The molecule has 0 amide bonds. The molecule has 0 saturated heterocycles. The van der Waals surface area contributed by atoms with Crippen LogP contribution in [0.2, 0.25) is 0 Å². The third-order valence-electron chi connectivity index (χ3n) is 10.9. The molecule has 10 rings (SSSR count). The molecular weight excluding hydrogens is 608 g/mol. The highest BCUT2D eigenvalue weighted by molar-refractivity contribution is 9.10. The Kier molecular flexibility index (Phi) is 4.95. The van der Waals surface area contributed by atoms with Crippen LogP contribution in [0.4, 0.5) is 0 Å². The lowest BCUT2D eigenvalue weighted by atomic mass is 9.69. The van der Waals surface area contributed by atoms with Gasteiger partial charge in [-0.3, -0.25) is 0 Å². The summed E-state index contributed by atoms with van der Waals surface area (Å²) in [6.45, 7) is 4.73. The molecule has 0 fully saturated rings. The van der Waals surface area contributed by atoms with Crippen LogP contribution in [0.3, 0.4) is 0 Å². The minimum absolute atomic E-state index is 0.0796. The van der Waals surface area contributed by atoms with E-state index in [1.54, 1.807) is 0 Å². The lowest BCUT2D eigenvalue weighted by Gasteiger charge is -2.31. The molecular formula is C44H29Br. The second-order valence-corrected chi connectivity index (χ2v) is 14.3. The van der Waals surface area contributed by atoms with E-state index in [-0.39, 0.29) is 10.8 Å². The molecule has 0 heterocycles. The molecule has 1 atom stereocenters. The molecule has 7 aromatic rings. The van der Waals surface area contributed by atoms with Crippen molar-refractivity contribution in [2.75, 3.05) is 0 Å². The first-order chi connectivity index (χ1) is 22.0. The first-order valence-electron chi connectivity index (χ1n) is 15.8. The Labute approximate surface area is 272 Å². The maximum Gasteiger partial charge on any atom is 0.0731 e. The van der Waals surface area contributed by atoms with E-state index in [1.165, 1.54) is 88.7 Å². The molecule has 0 aliphatic heterocycles. The number of halogens is 1. The largest absolute Gasteiger partial charge is 0.0731 e. The van der Waals surface area contributed by atoms with E-state index < -0.39 is 0 Å². The summed E-state index contributed by atoms with van der Waals surface area (Å²) in [4.78, 5) is 0. The van der Waals surface area contributed by atoms with Crippen molar-refractivity contribution in [2.24, 2.45) is 0 Å². The van der Waals surface area contributed by atoms with Crippen molar-refractivity contribution >= 4 is 26.7 Å². The Morgan fingerprint density at radius 2 is 1.04 bits per heavy atom. The molecule has 1 spiro atoms. The van der Waals surface area contributed by atoms with Crippen LogP contribution in [0.1, 0.15) is 47.2 Å². The van der Waals surface area contributed by atoms with Gasteiger partial charge in [0.25, 0.3) is 0 Å². The maximum atomic E-state index is 3.73. The number of hydrogen-bond donors (Lipinski definition) is 0. The van der Waals surface area contributed by atoms with Crippen molar-refractivity contribution in [2.45, 2.75) is 24.7 Å². The molecule has 0 radical (unpaired) electrons. The SMILES string of the molecule is CC1(C)c2cc(Br)ccc2-c2ccc(-c3cccc4c3-c3ccccc3C43c4ccccc4-c4ccc5ccccc5c43)cc21. The van der Waals surface area contributed by atoms with Gasteiger partial charge in [-0.2, -0.15) is 0 Å². The Balaban J connectivity index is 1.29. The lowest BCUT2D eigenvalue weighted by Crippen LogP contribution is -2.26. The van der Waals surface area contributed by atoms with Crippen LogP contribution in [0, 0.1) is 0 Å². The zero-order valence-corrected chi connectivity index (χ0v) is 26.7. The minimum atomic E-state index is -0.382. The summed E-state index contributed by atoms with van der Waals surface area (Å²) in [6, 6.07) is 52.8. The van der Waals surface area contributed by atoms with Gasteiger partial charge in [-0.05, 0) is 107 Å². The standard InChI is InChI=1S/C44H29Br/c1-43(2)39-24-27(19-21-32(39)33-23-20-28(45)25-40(33)43)29-14-9-17-38-41(29)35-13-6-8-16-37(35)44(38)36-15-7-5-12-31(36)34-22-18-26-10-3-4-11-30(26)42(34)44/h3-25H,1-2H3. The number of fused-ring (bicyclic) bond motifs is 15. The van der Waals surface area contributed by atoms with Crippen molar-refractivity contribution < 1.29 is 0 Å². The topological polar surface area (TPSA) is 0 Å². The fraction of sp³-hybridized carbons (Fsp3) is 0.0909. The van der Waals surface area contributed by atoms with Crippen molar-refractivity contribution in [3.05, 3.63) is 177 Å². The summed E-state index contributed by atoms with van der Waals surface area (Å²) in [5.41, 5.74) is 18.6. The lowest BCUT2D eigenvalue weighted by molar-refractivity contribution is 0.660. The third kappa shape index (κ3) is 3.07. The second-order valence-electron chi connectivity index (χ2n) is 13.4. The van der Waals surface area contributed by atoms with Gasteiger partial charge < -0.3 is 0 Å². The summed E-state index contributed by atoms with van der Waals surface area (Å²) in [5, 5.41) is 2.63. The normalized spacial score (nSPS) is 17.5. The average Bonchev–Trinajstić information content (AvgIpc) is 3.63. The fourth-order valence-electron chi connectivity index (χ4n) is 9.09. The molecule has 212 valence electrons. The smallest absolute Gasteiger partial charge is 0.0619 e. The molecule has 45 heavy (non-hydrogen) atoms. The maximum absolute atomic E-state index is 3.73. The van der Waals surface area contributed by atoms with Crippen LogP contribution in [0.15, 0.2) is 144 Å². The summed E-state index contributed by atoms with van der Waals surface area (Å²) in [6.07, 6.45) is 0. The quantitative estimate of drug-likeness (QED) is 0.168. The van der Waals surface area contributed by atoms with Crippen LogP contribution in [0.25, 0.3) is 55.3 Å². The molecule has 0 N–H and O–H groups in total. The van der Waals surface area contributed by atoms with Gasteiger partial charge in [0.2, 0.25) is 0 Å². The Bertz CT molecular complexity index is 2430. The number of hydrogen-bond acceptors (Lipinski definition) is 0. The highest BCUT2D eigenvalue weighted by atomic mass is 79.9. The molecule has 7 aromatic carbocycles. The first-order valence-corrected chi connectivity index (χ1v) is 16.6. The van der Waals surface area contributed by atoms with Gasteiger partial charge in [-0.25, -0.2) is 0 Å². The van der Waals surface area contributed by atoms with E-state index in [0.717, 1.165) is 4.47 Å². The molecule has 3 aliphatic rings. The predicted molar refractivity (Wildman–Crippen MR) is 191 cm³/mol. The van der Waals surface area contributed by atoms with Gasteiger partial charge in [0.1, 0.15) is 0 Å². The summed E-state index contributed by atoms with van der Waals surface area (Å²) >= 11 is 3.73. The van der Waals surface area contributed by atoms with Crippen molar-refractivity contribution in [1.82, 2.24) is 0 Å². The van der Waals surface area contributed by atoms with E-state index in [0.29, 0.717) is 0 Å². The summed E-state index contributed by atoms with van der Waals surface area (Å²) in [5.74, 6) is 0. The van der Waals surface area contributed by atoms with Crippen molar-refractivity contribution in [1.29, 1.82) is 0 Å². The molecule has 3 aliphatic carbocycles.